The third kappa shape index (κ3) is 7.03. The number of benzene rings is 1. The molecule has 19 heavy (non-hydrogen) atoms. The Labute approximate surface area is 123 Å². The average molecular weight is 279 g/mol. The van der Waals surface area contributed by atoms with Gasteiger partial charge in [-0.25, -0.2) is 0 Å². The van der Waals surface area contributed by atoms with Gasteiger partial charge in [0.1, 0.15) is 0 Å². The minimum Gasteiger partial charge on any atom is -0.311 e. The number of hydrogen-bond donors (Lipinski definition) is 1. The first-order chi connectivity index (χ1) is 8.92. The van der Waals surface area contributed by atoms with Gasteiger partial charge in [-0.3, -0.25) is 0 Å². The molecule has 1 aromatic carbocycles. The van der Waals surface area contributed by atoms with E-state index in [-0.39, 0.29) is 5.54 Å². The van der Waals surface area contributed by atoms with Gasteiger partial charge in [0.15, 0.2) is 0 Å². The Balaban J connectivity index is 2.68. The fourth-order valence-corrected chi connectivity index (χ4v) is 2.85. The van der Waals surface area contributed by atoms with E-state index in [0.29, 0.717) is 5.92 Å². The highest BCUT2D eigenvalue weighted by atomic mass is 32.2. The highest BCUT2D eigenvalue weighted by molar-refractivity contribution is 7.99. The van der Waals surface area contributed by atoms with Crippen LogP contribution in [0, 0.1) is 6.92 Å². The summed E-state index contributed by atoms with van der Waals surface area (Å²) in [5.74, 6) is 3.09. The molecule has 0 radical (unpaired) electrons. The van der Waals surface area contributed by atoms with E-state index in [1.165, 1.54) is 29.1 Å². The Morgan fingerprint density at radius 2 is 2.00 bits per heavy atom. The fraction of sp³-hybridized carbons (Fsp3) is 0.647. The van der Waals surface area contributed by atoms with E-state index in [9.17, 15) is 0 Å². The van der Waals surface area contributed by atoms with E-state index in [1.54, 1.807) is 0 Å². The smallest absolute Gasteiger partial charge is 0.00967 e. The Bertz CT molecular complexity index is 368. The van der Waals surface area contributed by atoms with Crippen molar-refractivity contribution in [3.63, 3.8) is 0 Å². The highest BCUT2D eigenvalue weighted by Gasteiger charge is 2.15. The second kappa shape index (κ2) is 7.96. The van der Waals surface area contributed by atoms with Crippen LogP contribution in [0.3, 0.4) is 0 Å². The van der Waals surface area contributed by atoms with Crippen LogP contribution in [0.1, 0.15) is 51.2 Å². The predicted molar refractivity (Wildman–Crippen MR) is 89.3 cm³/mol. The van der Waals surface area contributed by atoms with Crippen LogP contribution in [-0.2, 0) is 0 Å². The summed E-state index contributed by atoms with van der Waals surface area (Å²) in [6.07, 6.45) is 1.25. The molecule has 0 aliphatic carbocycles. The molecule has 0 aliphatic rings. The van der Waals surface area contributed by atoms with Crippen LogP contribution in [0.5, 0.6) is 0 Å². The van der Waals surface area contributed by atoms with E-state index in [0.717, 1.165) is 6.54 Å². The third-order valence-electron chi connectivity index (χ3n) is 3.21. The molecule has 2 heteroatoms. The lowest BCUT2D eigenvalue weighted by molar-refractivity contribution is 0.403. The molecule has 108 valence electrons. The minimum absolute atomic E-state index is 0.194. The van der Waals surface area contributed by atoms with Gasteiger partial charge in [-0.2, -0.15) is 11.8 Å². The van der Waals surface area contributed by atoms with Crippen molar-refractivity contribution < 1.29 is 0 Å². The minimum atomic E-state index is 0.194. The maximum absolute atomic E-state index is 3.66. The van der Waals surface area contributed by atoms with Crippen molar-refractivity contribution in [2.45, 2.75) is 52.5 Å². The molecule has 0 fully saturated rings. The van der Waals surface area contributed by atoms with Crippen molar-refractivity contribution in [3.05, 3.63) is 35.4 Å². The molecule has 0 saturated carbocycles. The maximum Gasteiger partial charge on any atom is 0.00967 e. The van der Waals surface area contributed by atoms with Crippen LogP contribution < -0.4 is 5.32 Å². The molecule has 1 nitrogen and oxygen atoms in total. The van der Waals surface area contributed by atoms with E-state index < -0.39 is 0 Å². The summed E-state index contributed by atoms with van der Waals surface area (Å²) in [7, 11) is 0. The predicted octanol–water partition coefficient (Wildman–Crippen LogP) is 4.61. The zero-order chi connectivity index (χ0) is 14.3. The number of rotatable bonds is 7. The van der Waals surface area contributed by atoms with E-state index >= 15 is 0 Å². The molecule has 0 saturated heterocycles. The Morgan fingerprint density at radius 1 is 1.26 bits per heavy atom. The molecule has 0 heterocycles. The largest absolute Gasteiger partial charge is 0.311 e. The monoisotopic (exact) mass is 279 g/mol. The molecular formula is C17H29NS. The molecule has 0 amide bonds. The Kier molecular flexibility index (Phi) is 6.95. The second-order valence-corrected chi connectivity index (χ2v) is 7.62. The third-order valence-corrected chi connectivity index (χ3v) is 4.14. The van der Waals surface area contributed by atoms with Gasteiger partial charge in [-0.15, -0.1) is 0 Å². The van der Waals surface area contributed by atoms with E-state index in [1.807, 2.05) is 11.8 Å². The zero-order valence-corrected chi connectivity index (χ0v) is 13.9. The molecular weight excluding hydrogens is 250 g/mol. The summed E-state index contributed by atoms with van der Waals surface area (Å²) in [5.41, 5.74) is 3.04. The van der Waals surface area contributed by atoms with Gasteiger partial charge in [-0.1, -0.05) is 36.8 Å². The molecule has 0 aromatic heterocycles. The zero-order valence-electron chi connectivity index (χ0n) is 13.1. The van der Waals surface area contributed by atoms with Crippen molar-refractivity contribution >= 4 is 11.8 Å². The maximum atomic E-state index is 3.66. The molecule has 0 spiro atoms. The number of aryl methyl sites for hydroxylation is 1. The number of thioether (sulfide) groups is 1. The van der Waals surface area contributed by atoms with Crippen LogP contribution in [-0.4, -0.2) is 23.6 Å². The van der Waals surface area contributed by atoms with Crippen LogP contribution >= 0.6 is 11.8 Å². The van der Waals surface area contributed by atoms with Gasteiger partial charge >= 0.3 is 0 Å². The van der Waals surface area contributed by atoms with Crippen molar-refractivity contribution in [3.8, 4) is 0 Å². The van der Waals surface area contributed by atoms with Crippen LogP contribution in [0.25, 0.3) is 0 Å². The molecule has 1 rings (SSSR count). The van der Waals surface area contributed by atoms with Crippen molar-refractivity contribution in [2.24, 2.45) is 0 Å². The molecule has 1 aromatic rings. The molecule has 0 aliphatic heterocycles. The lowest BCUT2D eigenvalue weighted by atomic mass is 9.94. The van der Waals surface area contributed by atoms with Crippen molar-refractivity contribution in [2.75, 3.05) is 18.1 Å². The highest BCUT2D eigenvalue weighted by Crippen LogP contribution is 2.23. The van der Waals surface area contributed by atoms with Gasteiger partial charge in [0, 0.05) is 12.1 Å². The van der Waals surface area contributed by atoms with E-state index in [4.69, 9.17) is 0 Å². The fourth-order valence-electron chi connectivity index (χ4n) is 2.11. The summed E-state index contributed by atoms with van der Waals surface area (Å²) in [6, 6.07) is 8.98. The van der Waals surface area contributed by atoms with Gasteiger partial charge < -0.3 is 5.32 Å². The normalized spacial score (nSPS) is 13.5. The first kappa shape index (κ1) is 16.6. The molecule has 1 unspecified atom stereocenters. The van der Waals surface area contributed by atoms with E-state index in [2.05, 4.69) is 64.2 Å². The molecule has 0 bridgehead atoms. The standard InChI is InChI=1S/C17H29NS/c1-6-19-11-10-16(13-18-17(3,4)5)15-9-7-8-14(2)12-15/h7-9,12,16,18H,6,10-11,13H2,1-5H3. The average Bonchev–Trinajstić information content (AvgIpc) is 2.32. The quantitative estimate of drug-likeness (QED) is 0.732. The SMILES string of the molecule is CCSCCC(CNC(C)(C)C)c1cccc(C)c1. The van der Waals surface area contributed by atoms with Crippen LogP contribution in [0.15, 0.2) is 24.3 Å². The first-order valence-corrected chi connectivity index (χ1v) is 8.47. The lowest BCUT2D eigenvalue weighted by Crippen LogP contribution is -2.38. The summed E-state index contributed by atoms with van der Waals surface area (Å²) in [5, 5.41) is 3.66. The number of nitrogens with one attached hydrogen (secondary N) is 1. The van der Waals surface area contributed by atoms with Gasteiger partial charge in [0.2, 0.25) is 0 Å². The molecule has 1 atom stereocenters. The molecule has 1 N–H and O–H groups in total. The van der Waals surface area contributed by atoms with Gasteiger partial charge in [0.05, 0.1) is 0 Å². The topological polar surface area (TPSA) is 12.0 Å². The number of hydrogen-bond acceptors (Lipinski definition) is 2. The lowest BCUT2D eigenvalue weighted by Gasteiger charge is -2.26. The van der Waals surface area contributed by atoms with Crippen LogP contribution in [0.2, 0.25) is 0 Å². The Morgan fingerprint density at radius 3 is 2.58 bits per heavy atom. The summed E-state index contributed by atoms with van der Waals surface area (Å²) in [4.78, 5) is 0. The summed E-state index contributed by atoms with van der Waals surface area (Å²) in [6.45, 7) is 12.2. The van der Waals surface area contributed by atoms with Gasteiger partial charge in [0.25, 0.3) is 0 Å². The summed E-state index contributed by atoms with van der Waals surface area (Å²) < 4.78 is 0. The van der Waals surface area contributed by atoms with Gasteiger partial charge in [-0.05, 0) is 57.1 Å². The Hall–Kier alpha value is -0.470. The first-order valence-electron chi connectivity index (χ1n) is 7.31. The second-order valence-electron chi connectivity index (χ2n) is 6.23. The summed E-state index contributed by atoms with van der Waals surface area (Å²) >= 11 is 2.04. The van der Waals surface area contributed by atoms with Crippen LogP contribution in [0.4, 0.5) is 0 Å². The van der Waals surface area contributed by atoms with Crippen molar-refractivity contribution in [1.82, 2.24) is 5.32 Å². The van der Waals surface area contributed by atoms with Crippen molar-refractivity contribution in [1.29, 1.82) is 0 Å².